The number of fused-ring (bicyclic) bond motifs is 1. The van der Waals surface area contributed by atoms with Crippen molar-refractivity contribution in [2.45, 2.75) is 13.3 Å². The highest BCUT2D eigenvalue weighted by Gasteiger charge is 2.22. The van der Waals surface area contributed by atoms with Gasteiger partial charge in [0, 0.05) is 5.39 Å². The molecule has 0 amide bonds. The van der Waals surface area contributed by atoms with Gasteiger partial charge in [-0.05, 0) is 18.6 Å². The predicted octanol–water partition coefficient (Wildman–Crippen LogP) is 4.16. The van der Waals surface area contributed by atoms with Crippen molar-refractivity contribution in [3.63, 3.8) is 0 Å². The molecule has 1 aromatic carbocycles. The van der Waals surface area contributed by atoms with E-state index in [1.54, 1.807) is 13.0 Å². The largest absolute Gasteiger partial charge is 0.274 e. The van der Waals surface area contributed by atoms with E-state index in [0.29, 0.717) is 22.3 Å². The van der Waals surface area contributed by atoms with Crippen molar-refractivity contribution >= 4 is 21.4 Å². The molecule has 2 aromatic rings. The zero-order valence-electron chi connectivity index (χ0n) is 8.22. The summed E-state index contributed by atoms with van der Waals surface area (Å²) in [5.74, 6) is -0.561. The van der Waals surface area contributed by atoms with Crippen LogP contribution in [0.2, 0.25) is 0 Å². The maximum Gasteiger partial charge on any atom is 0.274 e. The number of hydrogen-bond acceptors (Lipinski definition) is 2. The van der Waals surface area contributed by atoms with Gasteiger partial charge in [-0.1, -0.05) is 6.07 Å². The van der Waals surface area contributed by atoms with Crippen molar-refractivity contribution in [1.29, 1.82) is 5.26 Å². The Kier molecular flexibility index (Phi) is 2.60. The molecule has 2 rings (SSSR count). The van der Waals surface area contributed by atoms with Crippen molar-refractivity contribution in [2.75, 3.05) is 0 Å². The molecule has 0 fully saturated rings. The summed E-state index contributed by atoms with van der Waals surface area (Å²) in [4.78, 5) is -0.356. The average molecular weight is 241 g/mol. The van der Waals surface area contributed by atoms with Crippen LogP contribution in [0, 0.1) is 24.1 Å². The van der Waals surface area contributed by atoms with E-state index in [1.807, 2.05) is 0 Å². The van der Waals surface area contributed by atoms with Gasteiger partial charge >= 0.3 is 0 Å². The van der Waals surface area contributed by atoms with Crippen LogP contribution in [-0.2, 0) is 0 Å². The van der Waals surface area contributed by atoms with Crippen LogP contribution in [0.3, 0.4) is 0 Å². The summed E-state index contributed by atoms with van der Waals surface area (Å²) in [7, 11) is 0. The number of alkyl halides is 2. The minimum atomic E-state index is -2.74. The van der Waals surface area contributed by atoms with E-state index in [4.69, 9.17) is 5.26 Å². The van der Waals surface area contributed by atoms with Gasteiger partial charge in [-0.3, -0.25) is 0 Å². The van der Waals surface area contributed by atoms with Gasteiger partial charge in [0.25, 0.3) is 6.43 Å². The number of thiophene rings is 1. The first-order chi connectivity index (χ1) is 7.56. The zero-order valence-corrected chi connectivity index (χ0v) is 9.04. The second kappa shape index (κ2) is 3.80. The number of nitrogens with zero attached hydrogens (tertiary/aromatic N) is 1. The Morgan fingerprint density at radius 3 is 2.62 bits per heavy atom. The van der Waals surface area contributed by atoms with Crippen LogP contribution >= 0.6 is 11.3 Å². The lowest BCUT2D eigenvalue weighted by Gasteiger charge is -1.97. The Labute approximate surface area is 93.7 Å². The minimum Gasteiger partial charge on any atom is -0.205 e. The molecule has 0 aliphatic heterocycles. The second-order valence-corrected chi connectivity index (χ2v) is 4.37. The summed E-state index contributed by atoms with van der Waals surface area (Å²) in [5, 5.41) is 9.18. The van der Waals surface area contributed by atoms with Gasteiger partial charge < -0.3 is 0 Å². The molecule has 0 unspecified atom stereocenters. The highest BCUT2D eigenvalue weighted by atomic mass is 32.1. The fourth-order valence-corrected chi connectivity index (χ4v) is 2.70. The van der Waals surface area contributed by atoms with Crippen molar-refractivity contribution in [3.8, 4) is 6.07 Å². The number of hydrogen-bond donors (Lipinski definition) is 0. The molecule has 1 aromatic heterocycles. The smallest absolute Gasteiger partial charge is 0.205 e. The first-order valence-corrected chi connectivity index (χ1v) is 5.27. The molecular formula is C11H6F3NS. The molecule has 0 bridgehead atoms. The molecule has 0 saturated carbocycles. The van der Waals surface area contributed by atoms with Crippen molar-refractivity contribution in [2.24, 2.45) is 0 Å². The summed E-state index contributed by atoms with van der Waals surface area (Å²) in [6.45, 7) is 1.67. The van der Waals surface area contributed by atoms with Crippen molar-refractivity contribution in [1.82, 2.24) is 0 Å². The lowest BCUT2D eigenvalue weighted by Crippen LogP contribution is -1.84. The quantitative estimate of drug-likeness (QED) is 0.735. The lowest BCUT2D eigenvalue weighted by atomic mass is 10.1. The highest BCUT2D eigenvalue weighted by Crippen LogP contribution is 2.39. The molecule has 1 heterocycles. The molecular weight excluding hydrogens is 235 g/mol. The molecule has 82 valence electrons. The first-order valence-electron chi connectivity index (χ1n) is 4.46. The standard InChI is InChI=1S/C11H6F3NS/c1-5-2-3-7(12)10-8(5)6(4-15)9(16-10)11(13)14/h2-3,11H,1H3. The molecule has 0 N–H and O–H groups in total. The van der Waals surface area contributed by atoms with Crippen LogP contribution in [-0.4, -0.2) is 0 Å². The average Bonchev–Trinajstić information content (AvgIpc) is 2.64. The lowest BCUT2D eigenvalue weighted by molar-refractivity contribution is 0.155. The van der Waals surface area contributed by atoms with E-state index in [-0.39, 0.29) is 15.1 Å². The fraction of sp³-hybridized carbons (Fsp3) is 0.182. The summed E-state index contributed by atoms with van der Waals surface area (Å²) in [6.07, 6.45) is -2.74. The summed E-state index contributed by atoms with van der Waals surface area (Å²) in [5.41, 5.74) is 0.531. The van der Waals surface area contributed by atoms with E-state index in [9.17, 15) is 13.2 Å². The molecule has 0 saturated heterocycles. The normalized spacial score (nSPS) is 11.0. The summed E-state index contributed by atoms with van der Waals surface area (Å²) >= 11 is 0.650. The Bertz CT molecular complexity index is 595. The van der Waals surface area contributed by atoms with E-state index in [2.05, 4.69) is 0 Å². The number of benzene rings is 1. The van der Waals surface area contributed by atoms with Gasteiger partial charge in [0.2, 0.25) is 0 Å². The molecule has 0 aliphatic carbocycles. The van der Waals surface area contributed by atoms with E-state index < -0.39 is 12.2 Å². The molecule has 5 heteroatoms. The summed E-state index contributed by atoms with van der Waals surface area (Å²) < 4.78 is 38.9. The Morgan fingerprint density at radius 2 is 2.06 bits per heavy atom. The van der Waals surface area contributed by atoms with Gasteiger partial charge in [0.1, 0.15) is 11.9 Å². The molecule has 1 nitrogen and oxygen atoms in total. The van der Waals surface area contributed by atoms with Gasteiger partial charge in [0.05, 0.1) is 15.1 Å². The number of halogens is 3. The van der Waals surface area contributed by atoms with Crippen molar-refractivity contribution in [3.05, 3.63) is 34.0 Å². The minimum absolute atomic E-state index is 0.105. The van der Waals surface area contributed by atoms with Crippen LogP contribution in [0.25, 0.3) is 10.1 Å². The van der Waals surface area contributed by atoms with Crippen LogP contribution in [0.1, 0.15) is 22.4 Å². The van der Waals surface area contributed by atoms with E-state index in [1.165, 1.54) is 12.1 Å². The third-order valence-electron chi connectivity index (χ3n) is 2.34. The Balaban J connectivity index is 2.94. The SMILES string of the molecule is Cc1ccc(F)c2sc(C(F)F)c(C#N)c12. The maximum absolute atomic E-state index is 13.4. The molecule has 0 atom stereocenters. The molecule has 16 heavy (non-hydrogen) atoms. The van der Waals surface area contributed by atoms with Crippen molar-refractivity contribution < 1.29 is 13.2 Å². The maximum atomic E-state index is 13.4. The monoisotopic (exact) mass is 241 g/mol. The van der Waals surface area contributed by atoms with Gasteiger partial charge in [-0.25, -0.2) is 13.2 Å². The number of aryl methyl sites for hydroxylation is 1. The molecule has 0 spiro atoms. The first kappa shape index (κ1) is 11.0. The topological polar surface area (TPSA) is 23.8 Å². The fourth-order valence-electron chi connectivity index (χ4n) is 1.61. The Morgan fingerprint density at radius 1 is 1.38 bits per heavy atom. The van der Waals surface area contributed by atoms with Crippen LogP contribution < -0.4 is 0 Å². The second-order valence-electron chi connectivity index (χ2n) is 3.32. The highest BCUT2D eigenvalue weighted by molar-refractivity contribution is 7.19. The van der Waals surface area contributed by atoms with E-state index in [0.717, 1.165) is 0 Å². The third-order valence-corrected chi connectivity index (χ3v) is 3.54. The van der Waals surface area contributed by atoms with E-state index >= 15 is 0 Å². The third kappa shape index (κ3) is 1.46. The van der Waals surface area contributed by atoms with Crippen LogP contribution in [0.15, 0.2) is 12.1 Å². The van der Waals surface area contributed by atoms with Gasteiger partial charge in [-0.15, -0.1) is 11.3 Å². The number of nitriles is 1. The Hall–Kier alpha value is -1.54. The van der Waals surface area contributed by atoms with Crippen LogP contribution in [0.4, 0.5) is 13.2 Å². The number of rotatable bonds is 1. The predicted molar refractivity (Wildman–Crippen MR) is 56.2 cm³/mol. The zero-order chi connectivity index (χ0) is 11.9. The molecule has 0 aliphatic rings. The van der Waals surface area contributed by atoms with Gasteiger partial charge in [-0.2, -0.15) is 5.26 Å². The van der Waals surface area contributed by atoms with Gasteiger partial charge in [0.15, 0.2) is 0 Å². The van der Waals surface area contributed by atoms with Crippen LogP contribution in [0.5, 0.6) is 0 Å². The molecule has 0 radical (unpaired) electrons. The summed E-state index contributed by atoms with van der Waals surface area (Å²) in [6, 6.07) is 4.45.